The Balaban J connectivity index is 1.83. The van der Waals surface area contributed by atoms with Gasteiger partial charge in [-0.3, -0.25) is 0 Å². The van der Waals surface area contributed by atoms with Crippen LogP contribution in [-0.2, 0) is 0 Å². The lowest BCUT2D eigenvalue weighted by Gasteiger charge is -2.52. The van der Waals surface area contributed by atoms with Crippen molar-refractivity contribution < 1.29 is 0 Å². The van der Waals surface area contributed by atoms with E-state index in [1.807, 2.05) is 0 Å². The summed E-state index contributed by atoms with van der Waals surface area (Å²) in [4.78, 5) is 0. The van der Waals surface area contributed by atoms with E-state index in [0.29, 0.717) is 0 Å². The standard InChI is InChI=1S/C24H45P/c1-16-7-10-22(19(4)13-16)25(23-11-8-17(2)14-20(23)5)24-12-9-18(3)15-21(24)6/h16-24H,7-15H2,1-6H3. The van der Waals surface area contributed by atoms with Gasteiger partial charge < -0.3 is 0 Å². The highest BCUT2D eigenvalue weighted by molar-refractivity contribution is 7.60. The van der Waals surface area contributed by atoms with Crippen LogP contribution in [0.25, 0.3) is 0 Å². The Bertz CT molecular complexity index is 357. The van der Waals surface area contributed by atoms with Gasteiger partial charge in [0.05, 0.1) is 0 Å². The molecule has 0 nitrogen and oxygen atoms in total. The number of hydrogen-bond acceptors (Lipinski definition) is 0. The second-order valence-electron chi connectivity index (χ2n) is 10.8. The highest BCUT2D eigenvalue weighted by Gasteiger charge is 2.45. The summed E-state index contributed by atoms with van der Waals surface area (Å²) in [6.45, 7) is 15.4. The molecule has 3 saturated carbocycles. The minimum atomic E-state index is 0.210. The molecule has 3 fully saturated rings. The Labute approximate surface area is 160 Å². The van der Waals surface area contributed by atoms with Crippen LogP contribution in [-0.4, -0.2) is 17.0 Å². The van der Waals surface area contributed by atoms with Gasteiger partial charge in [0.25, 0.3) is 0 Å². The first kappa shape index (κ1) is 20.2. The van der Waals surface area contributed by atoms with E-state index in [-0.39, 0.29) is 7.92 Å². The van der Waals surface area contributed by atoms with Crippen LogP contribution in [0, 0.1) is 35.5 Å². The van der Waals surface area contributed by atoms with Crippen molar-refractivity contribution >= 4 is 7.92 Å². The van der Waals surface area contributed by atoms with E-state index in [9.17, 15) is 0 Å². The first-order chi connectivity index (χ1) is 11.9. The van der Waals surface area contributed by atoms with Crippen LogP contribution in [0.3, 0.4) is 0 Å². The summed E-state index contributed by atoms with van der Waals surface area (Å²) < 4.78 is 0. The predicted molar refractivity (Wildman–Crippen MR) is 115 cm³/mol. The maximum absolute atomic E-state index is 2.63. The van der Waals surface area contributed by atoms with Gasteiger partial charge in [-0.15, -0.1) is 0 Å². The molecule has 146 valence electrons. The molecule has 0 N–H and O–H groups in total. The molecule has 3 aliphatic rings. The molecule has 0 radical (unpaired) electrons. The number of hydrogen-bond donors (Lipinski definition) is 0. The highest BCUT2D eigenvalue weighted by atomic mass is 31.1. The fourth-order valence-electron chi connectivity index (χ4n) is 7.01. The van der Waals surface area contributed by atoms with E-state index in [2.05, 4.69) is 41.5 Å². The van der Waals surface area contributed by atoms with Crippen molar-refractivity contribution in [1.82, 2.24) is 0 Å². The minimum absolute atomic E-state index is 0.210. The van der Waals surface area contributed by atoms with Crippen LogP contribution in [0.4, 0.5) is 0 Å². The molecule has 3 rings (SSSR count). The Kier molecular flexibility index (Phi) is 6.96. The summed E-state index contributed by atoms with van der Waals surface area (Å²) in [6, 6.07) is 0. The molecule has 0 aromatic carbocycles. The molecular formula is C24H45P. The van der Waals surface area contributed by atoms with Gasteiger partial charge >= 0.3 is 0 Å². The molecule has 0 amide bonds. The lowest BCUT2D eigenvalue weighted by atomic mass is 9.82. The largest absolute Gasteiger partial charge is 0.0963 e. The molecule has 0 heterocycles. The smallest absolute Gasteiger partial charge is 0.0178 e. The SMILES string of the molecule is CC1CCC(P(C2CCC(C)CC2C)C2CCC(C)CC2C)C(C)C1. The van der Waals surface area contributed by atoms with Crippen molar-refractivity contribution in [2.24, 2.45) is 35.5 Å². The zero-order chi connectivity index (χ0) is 18.1. The summed E-state index contributed by atoms with van der Waals surface area (Å²) in [7, 11) is 0.210. The zero-order valence-electron chi connectivity index (χ0n) is 18.0. The topological polar surface area (TPSA) is 0 Å². The van der Waals surface area contributed by atoms with Crippen molar-refractivity contribution in [3.8, 4) is 0 Å². The van der Waals surface area contributed by atoms with E-state index >= 15 is 0 Å². The van der Waals surface area contributed by atoms with Crippen LogP contribution >= 0.6 is 7.92 Å². The third kappa shape index (κ3) is 4.65. The van der Waals surface area contributed by atoms with Gasteiger partial charge in [0.2, 0.25) is 0 Å². The summed E-state index contributed by atoms with van der Waals surface area (Å²) in [5.74, 6) is 5.93. The molecule has 25 heavy (non-hydrogen) atoms. The monoisotopic (exact) mass is 364 g/mol. The fourth-order valence-corrected chi connectivity index (χ4v) is 12.0. The van der Waals surface area contributed by atoms with Crippen molar-refractivity contribution in [2.45, 2.75) is 116 Å². The van der Waals surface area contributed by atoms with Gasteiger partial charge in [-0.2, -0.15) is 0 Å². The van der Waals surface area contributed by atoms with Crippen LogP contribution in [0.15, 0.2) is 0 Å². The molecular weight excluding hydrogens is 319 g/mol. The third-order valence-electron chi connectivity index (χ3n) is 8.31. The van der Waals surface area contributed by atoms with Crippen molar-refractivity contribution in [1.29, 1.82) is 0 Å². The normalized spacial score (nSPS) is 50.4. The summed E-state index contributed by atoms with van der Waals surface area (Å²) >= 11 is 0. The Morgan fingerprint density at radius 1 is 0.440 bits per heavy atom. The Morgan fingerprint density at radius 3 is 0.960 bits per heavy atom. The van der Waals surface area contributed by atoms with Gasteiger partial charge in [-0.05, 0) is 91.0 Å². The lowest BCUT2D eigenvalue weighted by molar-refractivity contribution is 0.271. The van der Waals surface area contributed by atoms with Gasteiger partial charge in [-0.25, -0.2) is 0 Å². The molecule has 0 aliphatic heterocycles. The van der Waals surface area contributed by atoms with Crippen LogP contribution in [0.2, 0.25) is 0 Å². The van der Waals surface area contributed by atoms with E-state index in [0.717, 1.165) is 52.5 Å². The van der Waals surface area contributed by atoms with Gasteiger partial charge in [0, 0.05) is 0 Å². The van der Waals surface area contributed by atoms with Gasteiger partial charge in [0.1, 0.15) is 0 Å². The second-order valence-corrected chi connectivity index (χ2v) is 13.7. The minimum Gasteiger partial charge on any atom is -0.0963 e. The maximum atomic E-state index is 2.63. The second kappa shape index (κ2) is 8.63. The van der Waals surface area contributed by atoms with E-state index in [4.69, 9.17) is 0 Å². The first-order valence-electron chi connectivity index (χ1n) is 11.6. The van der Waals surface area contributed by atoms with Crippen LogP contribution < -0.4 is 0 Å². The fraction of sp³-hybridized carbons (Fsp3) is 1.00. The molecule has 0 aromatic heterocycles. The lowest BCUT2D eigenvalue weighted by Crippen LogP contribution is -2.39. The molecule has 0 spiro atoms. The van der Waals surface area contributed by atoms with Crippen molar-refractivity contribution in [3.05, 3.63) is 0 Å². The third-order valence-corrected chi connectivity index (χ3v) is 12.9. The molecule has 3 aliphatic carbocycles. The Morgan fingerprint density at radius 2 is 0.720 bits per heavy atom. The maximum Gasteiger partial charge on any atom is -0.0178 e. The van der Waals surface area contributed by atoms with Crippen molar-refractivity contribution in [3.63, 3.8) is 0 Å². The average molecular weight is 365 g/mol. The van der Waals surface area contributed by atoms with Gasteiger partial charge in [0.15, 0.2) is 0 Å². The first-order valence-corrected chi connectivity index (χ1v) is 13.2. The van der Waals surface area contributed by atoms with E-state index in [1.165, 1.54) is 38.5 Å². The van der Waals surface area contributed by atoms with Gasteiger partial charge in [-0.1, -0.05) is 68.7 Å². The molecule has 0 saturated heterocycles. The molecule has 9 unspecified atom stereocenters. The molecule has 0 bridgehead atoms. The molecule has 9 atom stereocenters. The highest BCUT2D eigenvalue weighted by Crippen LogP contribution is 2.65. The predicted octanol–water partition coefficient (Wildman–Crippen LogP) is 7.94. The zero-order valence-corrected chi connectivity index (χ0v) is 18.9. The summed E-state index contributed by atoms with van der Waals surface area (Å²) in [5.41, 5.74) is 3.27. The summed E-state index contributed by atoms with van der Waals surface area (Å²) in [5, 5.41) is 0. The number of rotatable bonds is 3. The quantitative estimate of drug-likeness (QED) is 0.446. The van der Waals surface area contributed by atoms with Crippen LogP contribution in [0.1, 0.15) is 99.3 Å². The Hall–Kier alpha value is 0.430. The van der Waals surface area contributed by atoms with Crippen molar-refractivity contribution in [2.75, 3.05) is 0 Å². The van der Waals surface area contributed by atoms with E-state index < -0.39 is 0 Å². The average Bonchev–Trinajstić information content (AvgIpc) is 2.52. The molecule has 0 aromatic rings. The van der Waals surface area contributed by atoms with Crippen LogP contribution in [0.5, 0.6) is 0 Å². The summed E-state index contributed by atoms with van der Waals surface area (Å²) in [6.07, 6.45) is 13.8. The van der Waals surface area contributed by atoms with E-state index in [1.54, 1.807) is 19.3 Å². The molecule has 1 heteroatoms.